The molecule has 2 unspecified atom stereocenters. The minimum Gasteiger partial charge on any atom is -0.382 e. The Morgan fingerprint density at radius 1 is 1.62 bits per heavy atom. The first kappa shape index (κ1) is 14.9. The number of alkyl halides is 1. The van der Waals surface area contributed by atoms with Crippen LogP contribution >= 0.6 is 17.7 Å². The van der Waals surface area contributed by atoms with Gasteiger partial charge in [-0.3, -0.25) is 0 Å². The summed E-state index contributed by atoms with van der Waals surface area (Å²) < 4.78 is 29.9. The SMILES string of the molecule is B[C@@H]1O[C@H](COC)C(OP(=S)(S)CC)[C@@H]1F. The van der Waals surface area contributed by atoms with E-state index in [1.807, 2.05) is 6.92 Å². The van der Waals surface area contributed by atoms with Crippen LogP contribution in [0.1, 0.15) is 6.92 Å². The molecule has 0 spiro atoms. The quantitative estimate of drug-likeness (QED) is 0.463. The zero-order valence-corrected chi connectivity index (χ0v) is 12.2. The molecule has 16 heavy (non-hydrogen) atoms. The summed E-state index contributed by atoms with van der Waals surface area (Å²) in [5.41, 5.74) is -2.20. The predicted octanol–water partition coefficient (Wildman–Crippen LogP) is 0.973. The van der Waals surface area contributed by atoms with Crippen molar-refractivity contribution < 1.29 is 18.4 Å². The van der Waals surface area contributed by atoms with E-state index in [-0.39, 0.29) is 0 Å². The van der Waals surface area contributed by atoms with E-state index < -0.39 is 29.8 Å². The van der Waals surface area contributed by atoms with E-state index in [1.165, 1.54) is 0 Å². The van der Waals surface area contributed by atoms with Gasteiger partial charge in [-0.1, -0.05) is 18.7 Å². The maximum absolute atomic E-state index is 13.9. The van der Waals surface area contributed by atoms with Crippen molar-refractivity contribution in [1.82, 2.24) is 0 Å². The molecule has 1 aliphatic rings. The Balaban J connectivity index is 2.70. The average molecular weight is 286 g/mol. The third-order valence-corrected chi connectivity index (χ3v) is 6.07. The van der Waals surface area contributed by atoms with Gasteiger partial charge in [0, 0.05) is 13.3 Å². The molecule has 3 nitrogen and oxygen atoms in total. The van der Waals surface area contributed by atoms with Gasteiger partial charge in [0.15, 0.2) is 0 Å². The summed E-state index contributed by atoms with van der Waals surface area (Å²) in [5.74, 6) is 0. The van der Waals surface area contributed by atoms with Crippen molar-refractivity contribution >= 4 is 37.4 Å². The van der Waals surface area contributed by atoms with Crippen molar-refractivity contribution in [2.45, 2.75) is 31.3 Å². The smallest absolute Gasteiger partial charge is 0.147 e. The van der Waals surface area contributed by atoms with Gasteiger partial charge in [-0.05, 0) is 0 Å². The fourth-order valence-electron chi connectivity index (χ4n) is 1.59. The van der Waals surface area contributed by atoms with Crippen LogP contribution in [0.25, 0.3) is 0 Å². The van der Waals surface area contributed by atoms with Crippen molar-refractivity contribution in [3.8, 4) is 0 Å². The monoisotopic (exact) mass is 286 g/mol. The standard InChI is InChI=1S/C8H17BFO3PS2/c1-3-14(15,16)13-7-5(4-11-2)12-8(9)6(7)10/h5-8H,3-4,9H2,1-2H3,(H,15,16)/t5-,6+,7?,8-/m1/s1. The van der Waals surface area contributed by atoms with Crippen LogP contribution in [0.2, 0.25) is 0 Å². The second kappa shape index (κ2) is 6.16. The topological polar surface area (TPSA) is 27.7 Å². The van der Waals surface area contributed by atoms with Crippen LogP contribution in [0.3, 0.4) is 0 Å². The van der Waals surface area contributed by atoms with Gasteiger partial charge in [0.25, 0.3) is 0 Å². The molecule has 0 N–H and O–H groups in total. The van der Waals surface area contributed by atoms with E-state index in [9.17, 15) is 4.39 Å². The molecule has 0 aromatic heterocycles. The minimum atomic E-state index is -2.20. The third-order valence-electron chi connectivity index (χ3n) is 2.54. The summed E-state index contributed by atoms with van der Waals surface area (Å²) in [6.07, 6.45) is -1.58. The van der Waals surface area contributed by atoms with Gasteiger partial charge < -0.3 is 14.0 Å². The Hall–Kier alpha value is 0.875. The fourth-order valence-corrected chi connectivity index (χ4v) is 3.00. The number of thiol groups is 1. The molecule has 94 valence electrons. The van der Waals surface area contributed by atoms with Gasteiger partial charge in [0.2, 0.25) is 0 Å². The Bertz CT molecular complexity index is 284. The van der Waals surface area contributed by atoms with Crippen LogP contribution in [-0.2, 0) is 25.8 Å². The normalized spacial score (nSPS) is 38.5. The maximum atomic E-state index is 13.9. The lowest BCUT2D eigenvalue weighted by molar-refractivity contribution is -0.00783. The van der Waals surface area contributed by atoms with Crippen molar-refractivity contribution in [2.75, 3.05) is 19.9 Å². The first-order valence-corrected chi connectivity index (χ1v) is 9.25. The van der Waals surface area contributed by atoms with Crippen molar-refractivity contribution in [1.29, 1.82) is 0 Å². The Morgan fingerprint density at radius 3 is 2.75 bits per heavy atom. The summed E-state index contributed by atoms with van der Waals surface area (Å²) in [6, 6.07) is -0.481. The van der Waals surface area contributed by atoms with Gasteiger partial charge in [0.05, 0.1) is 12.6 Å². The maximum Gasteiger partial charge on any atom is 0.147 e. The highest BCUT2D eigenvalue weighted by Crippen LogP contribution is 2.54. The first-order chi connectivity index (χ1) is 7.41. The van der Waals surface area contributed by atoms with Gasteiger partial charge in [-0.25, -0.2) is 4.39 Å². The predicted molar refractivity (Wildman–Crippen MR) is 72.7 cm³/mol. The van der Waals surface area contributed by atoms with Crippen molar-refractivity contribution in [3.63, 3.8) is 0 Å². The number of hydrogen-bond donors (Lipinski definition) is 1. The number of hydrogen-bond acceptors (Lipinski definition) is 4. The van der Waals surface area contributed by atoms with E-state index in [0.717, 1.165) is 0 Å². The largest absolute Gasteiger partial charge is 0.382 e. The van der Waals surface area contributed by atoms with Crippen LogP contribution < -0.4 is 0 Å². The molecule has 1 heterocycles. The van der Waals surface area contributed by atoms with Crippen LogP contribution in [-0.4, -0.2) is 52.1 Å². The van der Waals surface area contributed by atoms with Gasteiger partial charge >= 0.3 is 0 Å². The zero-order chi connectivity index (χ0) is 12.3. The molecule has 0 aromatic rings. The summed E-state index contributed by atoms with van der Waals surface area (Å²) in [6.45, 7) is 2.20. The van der Waals surface area contributed by atoms with Crippen LogP contribution in [0.4, 0.5) is 4.39 Å². The lowest BCUT2D eigenvalue weighted by Crippen LogP contribution is -2.33. The van der Waals surface area contributed by atoms with Crippen molar-refractivity contribution in [2.24, 2.45) is 0 Å². The Kier molecular flexibility index (Phi) is 5.75. The van der Waals surface area contributed by atoms with Crippen LogP contribution in [0.5, 0.6) is 0 Å². The van der Waals surface area contributed by atoms with Crippen LogP contribution in [0, 0.1) is 0 Å². The molecule has 8 heteroatoms. The molecule has 1 aliphatic heterocycles. The number of halogens is 1. The highest BCUT2D eigenvalue weighted by Gasteiger charge is 2.45. The lowest BCUT2D eigenvalue weighted by atomic mass is 9.94. The number of ether oxygens (including phenoxy) is 2. The molecule has 5 atom stereocenters. The van der Waals surface area contributed by atoms with E-state index >= 15 is 0 Å². The molecule has 0 aromatic carbocycles. The van der Waals surface area contributed by atoms with E-state index in [1.54, 1.807) is 15.0 Å². The molecule has 0 bridgehead atoms. The van der Waals surface area contributed by atoms with E-state index in [2.05, 4.69) is 12.2 Å². The molecule has 1 rings (SSSR count). The summed E-state index contributed by atoms with van der Waals surface area (Å²) in [4.78, 5) is 0. The molecular formula is C8H17BFO3PS2. The zero-order valence-electron chi connectivity index (χ0n) is 9.63. The van der Waals surface area contributed by atoms with Crippen LogP contribution in [0.15, 0.2) is 0 Å². The third kappa shape index (κ3) is 3.69. The van der Waals surface area contributed by atoms with Gasteiger partial charge in [-0.2, -0.15) is 0 Å². The second-order valence-corrected chi connectivity index (χ2v) is 10.4. The molecule has 1 saturated heterocycles. The average Bonchev–Trinajstić information content (AvgIpc) is 2.47. The first-order valence-electron chi connectivity index (χ1n) is 5.20. The fraction of sp³-hybridized carbons (Fsp3) is 1.00. The lowest BCUT2D eigenvalue weighted by Gasteiger charge is -2.24. The van der Waals surface area contributed by atoms with Crippen molar-refractivity contribution in [3.05, 3.63) is 0 Å². The minimum absolute atomic E-state index is 0.308. The summed E-state index contributed by atoms with van der Waals surface area (Å²) >= 11 is 9.48. The molecule has 0 saturated carbocycles. The molecule has 0 amide bonds. The molecule has 0 radical (unpaired) electrons. The number of rotatable bonds is 5. The summed E-state index contributed by atoms with van der Waals surface area (Å²) in [5, 5.41) is 0. The highest BCUT2D eigenvalue weighted by molar-refractivity contribution is 8.61. The Morgan fingerprint density at radius 2 is 2.25 bits per heavy atom. The molecule has 1 fully saturated rings. The Labute approximate surface area is 107 Å². The van der Waals surface area contributed by atoms with E-state index in [4.69, 9.17) is 25.8 Å². The van der Waals surface area contributed by atoms with E-state index in [0.29, 0.717) is 12.8 Å². The highest BCUT2D eigenvalue weighted by atomic mass is 32.9. The summed E-state index contributed by atoms with van der Waals surface area (Å²) in [7, 11) is 3.23. The number of methoxy groups -OCH3 is 1. The second-order valence-electron chi connectivity index (χ2n) is 3.80. The van der Waals surface area contributed by atoms with Gasteiger partial charge in [0.1, 0.15) is 31.7 Å². The van der Waals surface area contributed by atoms with Gasteiger partial charge in [-0.15, -0.1) is 12.2 Å². The molecular weight excluding hydrogens is 269 g/mol. The molecule has 0 aliphatic carbocycles.